The van der Waals surface area contributed by atoms with Gasteiger partial charge in [0.05, 0.1) is 0 Å². The van der Waals surface area contributed by atoms with E-state index < -0.39 is 0 Å². The number of nitrogens with one attached hydrogen (secondary N) is 1. The average molecular weight is 300 g/mol. The van der Waals surface area contributed by atoms with Crippen molar-refractivity contribution in [2.24, 2.45) is 11.8 Å². The van der Waals surface area contributed by atoms with Crippen LogP contribution in [0.5, 0.6) is 0 Å². The molecule has 2 amide bonds. The highest BCUT2D eigenvalue weighted by atomic mass is 16.2. The van der Waals surface area contributed by atoms with Crippen molar-refractivity contribution in [3.63, 3.8) is 0 Å². The molecule has 4 nitrogen and oxygen atoms in total. The summed E-state index contributed by atoms with van der Waals surface area (Å²) >= 11 is 0. The molecule has 0 spiro atoms. The molecule has 1 heterocycles. The number of amides is 2. The molecule has 0 aromatic heterocycles. The lowest BCUT2D eigenvalue weighted by molar-refractivity contribution is -0.122. The van der Waals surface area contributed by atoms with E-state index in [9.17, 15) is 9.59 Å². The van der Waals surface area contributed by atoms with E-state index >= 15 is 0 Å². The van der Waals surface area contributed by atoms with E-state index in [0.717, 1.165) is 5.69 Å². The standard InChI is InChI=1S/C18H24N2O2/c21-17(10-14-6-4-5-7-14)19-12-15-11-18(22)20(13-15)16-8-2-1-3-9-16/h1-3,8-9,14-15H,4-7,10-13H2,(H,19,21). The Kier molecular flexibility index (Phi) is 4.76. The molecule has 22 heavy (non-hydrogen) atoms. The van der Waals surface area contributed by atoms with E-state index in [2.05, 4.69) is 5.32 Å². The van der Waals surface area contributed by atoms with Gasteiger partial charge in [0.25, 0.3) is 0 Å². The summed E-state index contributed by atoms with van der Waals surface area (Å²) in [7, 11) is 0. The number of hydrogen-bond donors (Lipinski definition) is 1. The zero-order valence-corrected chi connectivity index (χ0v) is 13.0. The van der Waals surface area contributed by atoms with E-state index in [1.54, 1.807) is 0 Å². The normalized spacial score (nSPS) is 22.3. The summed E-state index contributed by atoms with van der Waals surface area (Å²) in [6.07, 6.45) is 6.10. The minimum Gasteiger partial charge on any atom is -0.356 e. The van der Waals surface area contributed by atoms with E-state index in [4.69, 9.17) is 0 Å². The SMILES string of the molecule is O=C(CC1CCCC1)NCC1CC(=O)N(c2ccccc2)C1. The molecule has 1 aromatic carbocycles. The van der Waals surface area contributed by atoms with Crippen LogP contribution in [0.3, 0.4) is 0 Å². The van der Waals surface area contributed by atoms with Gasteiger partial charge in [0.2, 0.25) is 11.8 Å². The lowest BCUT2D eigenvalue weighted by Gasteiger charge is -2.17. The number of hydrogen-bond acceptors (Lipinski definition) is 2. The van der Waals surface area contributed by atoms with Crippen LogP contribution in [0.2, 0.25) is 0 Å². The first-order valence-corrected chi connectivity index (χ1v) is 8.34. The molecule has 0 bridgehead atoms. The van der Waals surface area contributed by atoms with Crippen molar-refractivity contribution in [1.29, 1.82) is 0 Å². The fourth-order valence-corrected chi connectivity index (χ4v) is 3.58. The number of carbonyl (C=O) groups is 2. The van der Waals surface area contributed by atoms with Crippen LogP contribution < -0.4 is 10.2 Å². The number of para-hydroxylation sites is 1. The van der Waals surface area contributed by atoms with Crippen molar-refractivity contribution in [3.8, 4) is 0 Å². The van der Waals surface area contributed by atoms with E-state index in [0.29, 0.717) is 31.8 Å². The largest absolute Gasteiger partial charge is 0.356 e. The Morgan fingerprint density at radius 1 is 1.14 bits per heavy atom. The molecule has 1 aliphatic heterocycles. The van der Waals surface area contributed by atoms with E-state index in [1.807, 2.05) is 35.2 Å². The number of carbonyl (C=O) groups excluding carboxylic acids is 2. The summed E-state index contributed by atoms with van der Waals surface area (Å²) in [5, 5.41) is 3.03. The van der Waals surface area contributed by atoms with Gasteiger partial charge in [0, 0.05) is 37.5 Å². The lowest BCUT2D eigenvalue weighted by atomic mass is 10.0. The summed E-state index contributed by atoms with van der Waals surface area (Å²) in [5.74, 6) is 1.10. The van der Waals surface area contributed by atoms with Gasteiger partial charge in [-0.3, -0.25) is 9.59 Å². The molecule has 1 N–H and O–H groups in total. The van der Waals surface area contributed by atoms with E-state index in [1.165, 1.54) is 25.7 Å². The molecule has 1 aliphatic carbocycles. The first-order valence-electron chi connectivity index (χ1n) is 8.34. The fraction of sp³-hybridized carbons (Fsp3) is 0.556. The zero-order chi connectivity index (χ0) is 15.4. The predicted molar refractivity (Wildman–Crippen MR) is 86.5 cm³/mol. The van der Waals surface area contributed by atoms with Gasteiger partial charge in [-0.2, -0.15) is 0 Å². The molecule has 0 radical (unpaired) electrons. The highest BCUT2D eigenvalue weighted by Crippen LogP contribution is 2.27. The lowest BCUT2D eigenvalue weighted by Crippen LogP contribution is -2.32. The quantitative estimate of drug-likeness (QED) is 0.909. The maximum atomic E-state index is 12.1. The molecule has 4 heteroatoms. The van der Waals surface area contributed by atoms with Crippen LogP contribution in [0.4, 0.5) is 5.69 Å². The van der Waals surface area contributed by atoms with Crippen molar-refractivity contribution in [1.82, 2.24) is 5.32 Å². The Labute approximate surface area is 131 Å². The summed E-state index contributed by atoms with van der Waals surface area (Å²) in [5.41, 5.74) is 0.951. The van der Waals surface area contributed by atoms with Gasteiger partial charge in [-0.25, -0.2) is 0 Å². The molecule has 2 aliphatic rings. The first-order chi connectivity index (χ1) is 10.7. The molecule has 2 fully saturated rings. The Balaban J connectivity index is 1.46. The number of benzene rings is 1. The average Bonchev–Trinajstić information content (AvgIpc) is 3.16. The Bertz CT molecular complexity index is 523. The molecule has 1 saturated heterocycles. The minimum absolute atomic E-state index is 0.150. The number of anilines is 1. The van der Waals surface area contributed by atoms with Crippen molar-refractivity contribution in [2.45, 2.75) is 38.5 Å². The van der Waals surface area contributed by atoms with Crippen LogP contribution in [-0.4, -0.2) is 24.9 Å². The number of rotatable bonds is 5. The van der Waals surface area contributed by atoms with Crippen LogP contribution in [-0.2, 0) is 9.59 Å². The maximum absolute atomic E-state index is 12.1. The molecule has 1 atom stereocenters. The van der Waals surface area contributed by atoms with Crippen LogP contribution >= 0.6 is 0 Å². The van der Waals surface area contributed by atoms with Gasteiger partial charge in [-0.05, 0) is 30.9 Å². The molecular formula is C18H24N2O2. The van der Waals surface area contributed by atoms with Crippen LogP contribution in [0.25, 0.3) is 0 Å². The Morgan fingerprint density at radius 2 is 1.86 bits per heavy atom. The molecule has 1 unspecified atom stereocenters. The highest BCUT2D eigenvalue weighted by Gasteiger charge is 2.30. The van der Waals surface area contributed by atoms with Gasteiger partial charge in [-0.15, -0.1) is 0 Å². The second kappa shape index (κ2) is 6.95. The third-order valence-electron chi connectivity index (χ3n) is 4.81. The van der Waals surface area contributed by atoms with Gasteiger partial charge in [-0.1, -0.05) is 31.0 Å². The van der Waals surface area contributed by atoms with Crippen molar-refractivity contribution in [3.05, 3.63) is 30.3 Å². The molecule has 1 aromatic rings. The van der Waals surface area contributed by atoms with Crippen molar-refractivity contribution in [2.75, 3.05) is 18.0 Å². The summed E-state index contributed by atoms with van der Waals surface area (Å²) in [4.78, 5) is 25.9. The van der Waals surface area contributed by atoms with Gasteiger partial charge < -0.3 is 10.2 Å². The van der Waals surface area contributed by atoms with Gasteiger partial charge >= 0.3 is 0 Å². The second-order valence-electron chi connectivity index (χ2n) is 6.57. The topological polar surface area (TPSA) is 49.4 Å². The maximum Gasteiger partial charge on any atom is 0.227 e. The van der Waals surface area contributed by atoms with Crippen LogP contribution in [0.1, 0.15) is 38.5 Å². The van der Waals surface area contributed by atoms with Crippen molar-refractivity contribution >= 4 is 17.5 Å². The summed E-state index contributed by atoms with van der Waals surface area (Å²) < 4.78 is 0. The molecular weight excluding hydrogens is 276 g/mol. The van der Waals surface area contributed by atoms with Crippen LogP contribution in [0, 0.1) is 11.8 Å². The van der Waals surface area contributed by atoms with Crippen LogP contribution in [0.15, 0.2) is 30.3 Å². The highest BCUT2D eigenvalue weighted by molar-refractivity contribution is 5.95. The third-order valence-corrected chi connectivity index (χ3v) is 4.81. The summed E-state index contributed by atoms with van der Waals surface area (Å²) in [6.45, 7) is 1.31. The van der Waals surface area contributed by atoms with E-state index in [-0.39, 0.29) is 17.7 Å². The minimum atomic E-state index is 0.150. The molecule has 3 rings (SSSR count). The second-order valence-corrected chi connectivity index (χ2v) is 6.57. The zero-order valence-electron chi connectivity index (χ0n) is 13.0. The number of nitrogens with zero attached hydrogens (tertiary/aromatic N) is 1. The first kappa shape index (κ1) is 15.1. The monoisotopic (exact) mass is 300 g/mol. The van der Waals surface area contributed by atoms with Gasteiger partial charge in [0.1, 0.15) is 0 Å². The van der Waals surface area contributed by atoms with Crippen molar-refractivity contribution < 1.29 is 9.59 Å². The fourth-order valence-electron chi connectivity index (χ4n) is 3.58. The smallest absolute Gasteiger partial charge is 0.227 e. The predicted octanol–water partition coefficient (Wildman–Crippen LogP) is 2.74. The summed E-state index contributed by atoms with van der Waals surface area (Å²) in [6, 6.07) is 9.75. The molecule has 118 valence electrons. The Hall–Kier alpha value is -1.84. The molecule has 1 saturated carbocycles. The van der Waals surface area contributed by atoms with Gasteiger partial charge in [0.15, 0.2) is 0 Å². The third kappa shape index (κ3) is 3.67. The Morgan fingerprint density at radius 3 is 2.59 bits per heavy atom.